The third-order valence-corrected chi connectivity index (χ3v) is 2.66. The average molecular weight is 244 g/mol. The SMILES string of the molecule is CCC(=O)OC(C)OC(=O)OC1CCCCC1. The second-order valence-corrected chi connectivity index (χ2v) is 4.16. The highest BCUT2D eigenvalue weighted by molar-refractivity contribution is 5.69. The highest BCUT2D eigenvalue weighted by Crippen LogP contribution is 2.20. The van der Waals surface area contributed by atoms with Gasteiger partial charge in [0.1, 0.15) is 6.10 Å². The van der Waals surface area contributed by atoms with Gasteiger partial charge in [-0.3, -0.25) is 4.79 Å². The molecule has 1 aliphatic carbocycles. The van der Waals surface area contributed by atoms with E-state index in [1.807, 2.05) is 0 Å². The molecule has 1 saturated carbocycles. The maximum Gasteiger partial charge on any atom is 0.511 e. The van der Waals surface area contributed by atoms with Crippen molar-refractivity contribution in [1.82, 2.24) is 0 Å². The van der Waals surface area contributed by atoms with Crippen molar-refractivity contribution >= 4 is 12.1 Å². The molecule has 0 bridgehead atoms. The summed E-state index contributed by atoms with van der Waals surface area (Å²) in [6.45, 7) is 3.17. The Hall–Kier alpha value is -1.26. The summed E-state index contributed by atoms with van der Waals surface area (Å²) in [5.74, 6) is -0.400. The van der Waals surface area contributed by atoms with Gasteiger partial charge in [-0.25, -0.2) is 4.79 Å². The fraction of sp³-hybridized carbons (Fsp3) is 0.833. The zero-order valence-electron chi connectivity index (χ0n) is 10.4. The van der Waals surface area contributed by atoms with Crippen molar-refractivity contribution in [3.63, 3.8) is 0 Å². The van der Waals surface area contributed by atoms with Gasteiger partial charge < -0.3 is 14.2 Å². The number of hydrogen-bond acceptors (Lipinski definition) is 5. The first-order chi connectivity index (χ1) is 8.11. The van der Waals surface area contributed by atoms with Gasteiger partial charge in [0.15, 0.2) is 0 Å². The Labute approximate surface area is 101 Å². The van der Waals surface area contributed by atoms with E-state index in [4.69, 9.17) is 14.2 Å². The molecule has 0 aromatic carbocycles. The van der Waals surface area contributed by atoms with Gasteiger partial charge in [0, 0.05) is 13.3 Å². The smallest absolute Gasteiger partial charge is 0.431 e. The molecule has 1 aliphatic rings. The van der Waals surface area contributed by atoms with E-state index < -0.39 is 18.4 Å². The maximum atomic E-state index is 11.4. The first-order valence-corrected chi connectivity index (χ1v) is 6.18. The van der Waals surface area contributed by atoms with Gasteiger partial charge in [0.25, 0.3) is 0 Å². The van der Waals surface area contributed by atoms with Crippen LogP contribution in [0.4, 0.5) is 4.79 Å². The van der Waals surface area contributed by atoms with E-state index >= 15 is 0 Å². The van der Waals surface area contributed by atoms with Crippen molar-refractivity contribution in [2.45, 2.75) is 64.8 Å². The molecular weight excluding hydrogens is 224 g/mol. The van der Waals surface area contributed by atoms with Gasteiger partial charge in [-0.05, 0) is 25.7 Å². The van der Waals surface area contributed by atoms with Gasteiger partial charge >= 0.3 is 12.1 Å². The molecular formula is C12H20O5. The summed E-state index contributed by atoms with van der Waals surface area (Å²) in [7, 11) is 0. The molecule has 0 aliphatic heterocycles. The fourth-order valence-corrected chi connectivity index (χ4v) is 1.77. The lowest BCUT2D eigenvalue weighted by Crippen LogP contribution is -2.26. The van der Waals surface area contributed by atoms with E-state index in [9.17, 15) is 9.59 Å². The van der Waals surface area contributed by atoms with Gasteiger partial charge in [0.05, 0.1) is 0 Å². The van der Waals surface area contributed by atoms with Crippen LogP contribution < -0.4 is 0 Å². The molecule has 5 nitrogen and oxygen atoms in total. The third-order valence-electron chi connectivity index (χ3n) is 2.66. The third kappa shape index (κ3) is 5.56. The van der Waals surface area contributed by atoms with Crippen LogP contribution in [-0.2, 0) is 19.0 Å². The Morgan fingerprint density at radius 2 is 1.82 bits per heavy atom. The molecule has 1 unspecified atom stereocenters. The standard InChI is InChI=1S/C12H20O5/c1-3-11(13)15-9(2)16-12(14)17-10-7-5-4-6-8-10/h9-10H,3-8H2,1-2H3. The molecule has 0 spiro atoms. The molecule has 1 atom stereocenters. The van der Waals surface area contributed by atoms with Crippen molar-refractivity contribution in [3.8, 4) is 0 Å². The molecule has 98 valence electrons. The Morgan fingerprint density at radius 1 is 1.18 bits per heavy atom. The van der Waals surface area contributed by atoms with Gasteiger partial charge in [-0.15, -0.1) is 0 Å². The Morgan fingerprint density at radius 3 is 2.41 bits per heavy atom. The van der Waals surface area contributed by atoms with Crippen molar-refractivity contribution in [2.75, 3.05) is 0 Å². The van der Waals surface area contributed by atoms with Gasteiger partial charge in [-0.1, -0.05) is 13.3 Å². The van der Waals surface area contributed by atoms with Crippen molar-refractivity contribution in [1.29, 1.82) is 0 Å². The average Bonchev–Trinajstić information content (AvgIpc) is 2.29. The molecule has 0 saturated heterocycles. The molecule has 17 heavy (non-hydrogen) atoms. The monoisotopic (exact) mass is 244 g/mol. The number of rotatable bonds is 4. The van der Waals surface area contributed by atoms with E-state index in [1.54, 1.807) is 6.92 Å². The van der Waals surface area contributed by atoms with Crippen LogP contribution in [0.15, 0.2) is 0 Å². The topological polar surface area (TPSA) is 61.8 Å². The number of carbonyl (C=O) groups excluding carboxylic acids is 2. The van der Waals surface area contributed by atoms with E-state index in [2.05, 4.69) is 0 Å². The molecule has 0 N–H and O–H groups in total. The van der Waals surface area contributed by atoms with Crippen molar-refractivity contribution in [3.05, 3.63) is 0 Å². The normalized spacial score (nSPS) is 18.2. The fourth-order valence-electron chi connectivity index (χ4n) is 1.77. The summed E-state index contributed by atoms with van der Waals surface area (Å²) in [6, 6.07) is 0. The van der Waals surface area contributed by atoms with Crippen LogP contribution in [0.1, 0.15) is 52.4 Å². The number of esters is 1. The minimum atomic E-state index is -0.890. The summed E-state index contributed by atoms with van der Waals surface area (Å²) in [5, 5.41) is 0. The van der Waals surface area contributed by atoms with Crippen LogP contribution in [0.25, 0.3) is 0 Å². The number of carbonyl (C=O) groups is 2. The summed E-state index contributed by atoms with van der Waals surface area (Å²) >= 11 is 0. The molecule has 0 aromatic heterocycles. The van der Waals surface area contributed by atoms with Crippen LogP contribution in [0, 0.1) is 0 Å². The highest BCUT2D eigenvalue weighted by atomic mass is 16.8. The van der Waals surface area contributed by atoms with Crippen LogP contribution >= 0.6 is 0 Å². The van der Waals surface area contributed by atoms with Crippen molar-refractivity contribution in [2.24, 2.45) is 0 Å². The first kappa shape index (κ1) is 13.8. The minimum Gasteiger partial charge on any atom is -0.431 e. The predicted octanol–water partition coefficient (Wildman–Crippen LogP) is 2.77. The zero-order valence-corrected chi connectivity index (χ0v) is 10.4. The first-order valence-electron chi connectivity index (χ1n) is 6.18. The van der Waals surface area contributed by atoms with E-state index in [1.165, 1.54) is 13.3 Å². The van der Waals surface area contributed by atoms with Crippen LogP contribution in [0.2, 0.25) is 0 Å². The molecule has 0 amide bonds. The van der Waals surface area contributed by atoms with Crippen LogP contribution in [0.3, 0.4) is 0 Å². The predicted molar refractivity (Wildman–Crippen MR) is 60.3 cm³/mol. The van der Waals surface area contributed by atoms with E-state index in [-0.39, 0.29) is 12.5 Å². The lowest BCUT2D eigenvalue weighted by Gasteiger charge is -2.22. The molecule has 0 radical (unpaired) electrons. The molecule has 1 rings (SSSR count). The molecule has 0 aromatic rings. The summed E-state index contributed by atoms with van der Waals surface area (Å²) in [6.07, 6.45) is 3.69. The number of ether oxygens (including phenoxy) is 3. The van der Waals surface area contributed by atoms with Crippen LogP contribution in [-0.4, -0.2) is 24.5 Å². The van der Waals surface area contributed by atoms with E-state index in [0.29, 0.717) is 0 Å². The maximum absolute atomic E-state index is 11.4. The summed E-state index contributed by atoms with van der Waals surface area (Å²) in [5.41, 5.74) is 0. The summed E-state index contributed by atoms with van der Waals surface area (Å²) in [4.78, 5) is 22.3. The summed E-state index contributed by atoms with van der Waals surface area (Å²) < 4.78 is 14.7. The zero-order chi connectivity index (χ0) is 12.7. The minimum absolute atomic E-state index is 0.0506. The van der Waals surface area contributed by atoms with Crippen molar-refractivity contribution < 1.29 is 23.8 Å². The quantitative estimate of drug-likeness (QED) is 0.562. The highest BCUT2D eigenvalue weighted by Gasteiger charge is 2.20. The Balaban J connectivity index is 2.21. The second kappa shape index (κ2) is 7.14. The largest absolute Gasteiger partial charge is 0.511 e. The number of hydrogen-bond donors (Lipinski definition) is 0. The van der Waals surface area contributed by atoms with Crippen LogP contribution in [0.5, 0.6) is 0 Å². The molecule has 5 heteroatoms. The molecule has 1 fully saturated rings. The molecule has 0 heterocycles. The lowest BCUT2D eigenvalue weighted by molar-refractivity contribution is -0.168. The Kier molecular flexibility index (Phi) is 5.80. The van der Waals surface area contributed by atoms with E-state index in [0.717, 1.165) is 25.7 Å². The Bertz CT molecular complexity index is 258. The van der Waals surface area contributed by atoms with Gasteiger partial charge in [-0.2, -0.15) is 0 Å². The second-order valence-electron chi connectivity index (χ2n) is 4.16. The lowest BCUT2D eigenvalue weighted by atomic mass is 9.98. The van der Waals surface area contributed by atoms with Gasteiger partial charge in [0.2, 0.25) is 6.29 Å².